The van der Waals surface area contributed by atoms with Crippen molar-refractivity contribution in [2.75, 3.05) is 23.4 Å². The first-order valence-electron chi connectivity index (χ1n) is 6.04. The van der Waals surface area contributed by atoms with Crippen LogP contribution < -0.4 is 9.80 Å². The summed E-state index contributed by atoms with van der Waals surface area (Å²) in [6.45, 7) is 0.244. The van der Waals surface area contributed by atoms with Crippen LogP contribution in [-0.4, -0.2) is 36.6 Å². The predicted molar refractivity (Wildman–Crippen MR) is 74.4 cm³/mol. The molecule has 0 saturated heterocycles. The number of halogens is 1. The van der Waals surface area contributed by atoms with E-state index in [1.54, 1.807) is 11.9 Å². The Morgan fingerprint density at radius 1 is 1.42 bits per heavy atom. The standard InChI is InChI=1S/C13H13BrN2O3/c1-15-9-3-2-7(14)4-11(9)16(6-12(15)17)10-5-8(10)13(18)19/h2-4,8,10H,5-6H2,1H3,(H,18,19). The molecule has 0 radical (unpaired) electrons. The van der Waals surface area contributed by atoms with Crippen LogP contribution in [0.15, 0.2) is 22.7 Å². The van der Waals surface area contributed by atoms with Crippen molar-refractivity contribution in [3.63, 3.8) is 0 Å². The van der Waals surface area contributed by atoms with E-state index in [9.17, 15) is 9.59 Å². The van der Waals surface area contributed by atoms with Crippen LogP contribution in [0.25, 0.3) is 0 Å². The molecule has 2 atom stereocenters. The fraction of sp³-hybridized carbons (Fsp3) is 0.385. The van der Waals surface area contributed by atoms with Crippen molar-refractivity contribution >= 4 is 39.2 Å². The van der Waals surface area contributed by atoms with Gasteiger partial charge in [0.2, 0.25) is 5.91 Å². The molecule has 0 bridgehead atoms. The molecule has 1 fully saturated rings. The number of nitrogens with zero attached hydrogens (tertiary/aromatic N) is 2. The number of anilines is 2. The maximum atomic E-state index is 12.0. The van der Waals surface area contributed by atoms with E-state index < -0.39 is 5.97 Å². The largest absolute Gasteiger partial charge is 0.481 e. The molecule has 0 aromatic heterocycles. The lowest BCUT2D eigenvalue weighted by Crippen LogP contribution is -2.45. The summed E-state index contributed by atoms with van der Waals surface area (Å²) in [6.07, 6.45) is 0.609. The fourth-order valence-corrected chi connectivity index (χ4v) is 2.92. The molecule has 100 valence electrons. The monoisotopic (exact) mass is 324 g/mol. The Balaban J connectivity index is 1.99. The Morgan fingerprint density at radius 3 is 2.79 bits per heavy atom. The van der Waals surface area contributed by atoms with Crippen LogP contribution in [0.2, 0.25) is 0 Å². The van der Waals surface area contributed by atoms with Gasteiger partial charge in [0.25, 0.3) is 0 Å². The maximum absolute atomic E-state index is 12.0. The van der Waals surface area contributed by atoms with Gasteiger partial charge in [-0.1, -0.05) is 15.9 Å². The third-order valence-corrected chi connectivity index (χ3v) is 4.26. The number of benzene rings is 1. The zero-order chi connectivity index (χ0) is 13.7. The summed E-state index contributed by atoms with van der Waals surface area (Å²) in [5.74, 6) is -1.15. The number of amides is 1. The van der Waals surface area contributed by atoms with Crippen LogP contribution in [0.5, 0.6) is 0 Å². The number of rotatable bonds is 2. The number of carbonyl (C=O) groups excluding carboxylic acids is 1. The van der Waals surface area contributed by atoms with Crippen molar-refractivity contribution in [2.24, 2.45) is 5.92 Å². The number of hydrogen-bond donors (Lipinski definition) is 1. The Hall–Kier alpha value is -1.56. The van der Waals surface area contributed by atoms with Crippen LogP contribution in [0.1, 0.15) is 6.42 Å². The smallest absolute Gasteiger partial charge is 0.308 e. The van der Waals surface area contributed by atoms with Gasteiger partial charge in [-0.3, -0.25) is 9.59 Å². The summed E-state index contributed by atoms with van der Waals surface area (Å²) in [4.78, 5) is 26.5. The van der Waals surface area contributed by atoms with Gasteiger partial charge in [0, 0.05) is 17.6 Å². The van der Waals surface area contributed by atoms with Gasteiger partial charge in [0.15, 0.2) is 0 Å². The molecule has 1 N–H and O–H groups in total. The van der Waals surface area contributed by atoms with Crippen LogP contribution in [0.4, 0.5) is 11.4 Å². The van der Waals surface area contributed by atoms with E-state index in [0.717, 1.165) is 15.8 Å². The number of carboxylic acids is 1. The molecule has 1 aliphatic carbocycles. The number of likely N-dealkylation sites (N-methyl/N-ethyl adjacent to an activating group) is 1. The van der Waals surface area contributed by atoms with Gasteiger partial charge in [-0.15, -0.1) is 0 Å². The lowest BCUT2D eigenvalue weighted by molar-refractivity contribution is -0.138. The summed E-state index contributed by atoms with van der Waals surface area (Å²) in [5.41, 5.74) is 1.75. The third kappa shape index (κ3) is 2.00. The zero-order valence-electron chi connectivity index (χ0n) is 10.3. The Morgan fingerprint density at radius 2 is 2.16 bits per heavy atom. The van der Waals surface area contributed by atoms with Gasteiger partial charge >= 0.3 is 5.97 Å². The highest BCUT2D eigenvalue weighted by Crippen LogP contribution is 2.44. The Kier molecular flexibility index (Phi) is 2.78. The normalized spacial score (nSPS) is 25.3. The first-order chi connectivity index (χ1) is 8.99. The second-order valence-corrected chi connectivity index (χ2v) is 5.88. The SMILES string of the molecule is CN1C(=O)CN(C2CC2C(=O)O)c2cc(Br)ccc21. The predicted octanol–water partition coefficient (Wildman–Crippen LogP) is 1.70. The minimum atomic E-state index is -0.784. The minimum absolute atomic E-state index is 0.00846. The van der Waals surface area contributed by atoms with E-state index in [1.165, 1.54) is 0 Å². The molecule has 6 heteroatoms. The number of hydrogen-bond acceptors (Lipinski definition) is 3. The molecule has 2 unspecified atom stereocenters. The van der Waals surface area contributed by atoms with E-state index in [1.807, 2.05) is 23.1 Å². The van der Waals surface area contributed by atoms with Crippen LogP contribution in [0, 0.1) is 5.92 Å². The molecule has 1 aromatic rings. The summed E-state index contributed by atoms with van der Waals surface area (Å²) in [5, 5.41) is 9.04. The minimum Gasteiger partial charge on any atom is -0.481 e. The van der Waals surface area contributed by atoms with E-state index in [0.29, 0.717) is 6.42 Å². The fourth-order valence-electron chi connectivity index (χ4n) is 2.57. The van der Waals surface area contributed by atoms with Crippen LogP contribution in [-0.2, 0) is 9.59 Å². The van der Waals surface area contributed by atoms with Crippen LogP contribution in [0.3, 0.4) is 0 Å². The zero-order valence-corrected chi connectivity index (χ0v) is 11.9. The van der Waals surface area contributed by atoms with Crippen molar-refractivity contribution in [3.8, 4) is 0 Å². The van der Waals surface area contributed by atoms with Crippen molar-refractivity contribution in [2.45, 2.75) is 12.5 Å². The van der Waals surface area contributed by atoms with E-state index >= 15 is 0 Å². The lowest BCUT2D eigenvalue weighted by Gasteiger charge is -2.36. The maximum Gasteiger partial charge on any atom is 0.308 e. The molecular weight excluding hydrogens is 312 g/mol. The average Bonchev–Trinajstić information content (AvgIpc) is 3.13. The highest BCUT2D eigenvalue weighted by atomic mass is 79.9. The van der Waals surface area contributed by atoms with E-state index in [-0.39, 0.29) is 24.4 Å². The summed E-state index contributed by atoms with van der Waals surface area (Å²) in [6, 6.07) is 5.63. The highest BCUT2D eigenvalue weighted by Gasteiger charge is 2.49. The molecule has 2 aliphatic rings. The number of carbonyl (C=O) groups is 2. The second-order valence-electron chi connectivity index (χ2n) is 4.96. The molecule has 1 saturated carbocycles. The third-order valence-electron chi connectivity index (χ3n) is 3.76. The average molecular weight is 325 g/mol. The molecule has 0 spiro atoms. The number of carboxylic acid groups (broad SMARTS) is 1. The number of aliphatic carboxylic acids is 1. The van der Waals surface area contributed by atoms with Gasteiger partial charge in [-0.05, 0) is 24.6 Å². The molecule has 19 heavy (non-hydrogen) atoms. The molecule has 1 amide bonds. The summed E-state index contributed by atoms with van der Waals surface area (Å²) in [7, 11) is 1.74. The summed E-state index contributed by atoms with van der Waals surface area (Å²) < 4.78 is 0.923. The van der Waals surface area contributed by atoms with Gasteiger partial charge in [0.05, 0.1) is 23.8 Å². The first kappa shape index (κ1) is 12.5. The van der Waals surface area contributed by atoms with Crippen molar-refractivity contribution in [1.29, 1.82) is 0 Å². The highest BCUT2D eigenvalue weighted by molar-refractivity contribution is 9.10. The quantitative estimate of drug-likeness (QED) is 0.899. The Bertz CT molecular complexity index is 575. The van der Waals surface area contributed by atoms with Gasteiger partial charge in [-0.25, -0.2) is 0 Å². The molecular formula is C13H13BrN2O3. The van der Waals surface area contributed by atoms with Gasteiger partial charge in [0.1, 0.15) is 0 Å². The molecule has 1 aliphatic heterocycles. The number of fused-ring (bicyclic) bond motifs is 1. The molecule has 5 nitrogen and oxygen atoms in total. The molecule has 3 rings (SSSR count). The van der Waals surface area contributed by atoms with Crippen molar-refractivity contribution in [1.82, 2.24) is 0 Å². The first-order valence-corrected chi connectivity index (χ1v) is 6.84. The van der Waals surface area contributed by atoms with E-state index in [4.69, 9.17) is 5.11 Å². The van der Waals surface area contributed by atoms with Crippen molar-refractivity contribution < 1.29 is 14.7 Å². The lowest BCUT2D eigenvalue weighted by atomic mass is 10.1. The topological polar surface area (TPSA) is 60.9 Å². The summed E-state index contributed by atoms with van der Waals surface area (Å²) >= 11 is 3.42. The van der Waals surface area contributed by atoms with Gasteiger partial charge < -0.3 is 14.9 Å². The Labute approximate surface area is 118 Å². The molecule has 1 heterocycles. The molecule has 1 aromatic carbocycles. The van der Waals surface area contributed by atoms with Crippen LogP contribution >= 0.6 is 15.9 Å². The van der Waals surface area contributed by atoms with Gasteiger partial charge in [-0.2, -0.15) is 0 Å². The van der Waals surface area contributed by atoms with E-state index in [2.05, 4.69) is 15.9 Å². The van der Waals surface area contributed by atoms with Crippen molar-refractivity contribution in [3.05, 3.63) is 22.7 Å². The second kappa shape index (κ2) is 4.23.